The number of hydrogen-bond donors (Lipinski definition) is 2. The highest BCUT2D eigenvalue weighted by atomic mass is 19.3. The lowest BCUT2D eigenvalue weighted by Gasteiger charge is -2.22. The van der Waals surface area contributed by atoms with Crippen LogP contribution < -0.4 is 10.1 Å². The minimum Gasteiger partial charge on any atom is -0.434 e. The van der Waals surface area contributed by atoms with Gasteiger partial charge in [0.2, 0.25) is 0 Å². The van der Waals surface area contributed by atoms with Crippen LogP contribution in [0, 0.1) is 0 Å². The van der Waals surface area contributed by atoms with E-state index < -0.39 is 6.61 Å². The summed E-state index contributed by atoms with van der Waals surface area (Å²) in [4.78, 5) is 0. The summed E-state index contributed by atoms with van der Waals surface area (Å²) in [5.74, 6) is 0.167. The standard InChI is InChI=1S/C13H19F2NO2/c1-3-10(8-17)16-9(2)11-6-4-5-7-12(11)18-13(14)15/h4-7,9-10,13,16-17H,3,8H2,1-2H3/t9?,10-/m1/s1. The van der Waals surface area contributed by atoms with Crippen molar-refractivity contribution in [2.24, 2.45) is 0 Å². The van der Waals surface area contributed by atoms with E-state index in [9.17, 15) is 8.78 Å². The molecule has 0 aliphatic rings. The molecule has 0 saturated carbocycles. The van der Waals surface area contributed by atoms with Crippen LogP contribution in [0.4, 0.5) is 8.78 Å². The zero-order valence-corrected chi connectivity index (χ0v) is 10.6. The van der Waals surface area contributed by atoms with Gasteiger partial charge in [-0.15, -0.1) is 0 Å². The van der Waals surface area contributed by atoms with Crippen molar-refractivity contribution in [3.05, 3.63) is 29.8 Å². The molecule has 1 unspecified atom stereocenters. The summed E-state index contributed by atoms with van der Waals surface area (Å²) >= 11 is 0. The van der Waals surface area contributed by atoms with Crippen LogP contribution in [0.5, 0.6) is 5.75 Å². The molecule has 18 heavy (non-hydrogen) atoms. The minimum atomic E-state index is -2.84. The van der Waals surface area contributed by atoms with Gasteiger partial charge in [-0.2, -0.15) is 8.78 Å². The third kappa shape index (κ3) is 4.23. The Bertz CT molecular complexity index is 357. The highest BCUT2D eigenvalue weighted by Crippen LogP contribution is 2.26. The Morgan fingerprint density at radius 2 is 2.00 bits per heavy atom. The van der Waals surface area contributed by atoms with Gasteiger partial charge in [-0.25, -0.2) is 0 Å². The predicted molar refractivity (Wildman–Crippen MR) is 65.8 cm³/mol. The van der Waals surface area contributed by atoms with Crippen molar-refractivity contribution >= 4 is 0 Å². The molecular weight excluding hydrogens is 240 g/mol. The summed E-state index contributed by atoms with van der Waals surface area (Å²) in [5.41, 5.74) is 0.657. The molecule has 1 rings (SSSR count). The van der Waals surface area contributed by atoms with Gasteiger partial charge in [0.05, 0.1) is 6.61 Å². The smallest absolute Gasteiger partial charge is 0.387 e. The van der Waals surface area contributed by atoms with Crippen molar-refractivity contribution < 1.29 is 18.6 Å². The van der Waals surface area contributed by atoms with E-state index in [0.717, 1.165) is 6.42 Å². The lowest BCUT2D eigenvalue weighted by atomic mass is 10.1. The molecule has 0 spiro atoms. The highest BCUT2D eigenvalue weighted by Gasteiger charge is 2.16. The van der Waals surface area contributed by atoms with Crippen LogP contribution >= 0.6 is 0 Å². The van der Waals surface area contributed by atoms with Crippen LogP contribution in [0.2, 0.25) is 0 Å². The van der Waals surface area contributed by atoms with E-state index in [4.69, 9.17) is 5.11 Å². The van der Waals surface area contributed by atoms with E-state index in [1.54, 1.807) is 18.2 Å². The van der Waals surface area contributed by atoms with Gasteiger partial charge in [0, 0.05) is 17.6 Å². The van der Waals surface area contributed by atoms with Crippen LogP contribution in [-0.4, -0.2) is 24.4 Å². The maximum Gasteiger partial charge on any atom is 0.387 e. The number of hydrogen-bond acceptors (Lipinski definition) is 3. The highest BCUT2D eigenvalue weighted by molar-refractivity contribution is 5.35. The van der Waals surface area contributed by atoms with Crippen molar-refractivity contribution in [3.8, 4) is 5.75 Å². The van der Waals surface area contributed by atoms with E-state index in [2.05, 4.69) is 10.1 Å². The SMILES string of the molecule is CC[C@H](CO)NC(C)c1ccccc1OC(F)F. The van der Waals surface area contributed by atoms with E-state index in [-0.39, 0.29) is 24.4 Å². The number of alkyl halides is 2. The summed E-state index contributed by atoms with van der Waals surface area (Å²) < 4.78 is 29.0. The number of benzene rings is 1. The van der Waals surface area contributed by atoms with Crippen LogP contribution in [0.15, 0.2) is 24.3 Å². The first-order valence-corrected chi connectivity index (χ1v) is 5.99. The average Bonchev–Trinajstić information content (AvgIpc) is 2.35. The van der Waals surface area contributed by atoms with Gasteiger partial charge in [-0.3, -0.25) is 0 Å². The third-order valence-corrected chi connectivity index (χ3v) is 2.80. The van der Waals surface area contributed by atoms with Crippen LogP contribution in [-0.2, 0) is 0 Å². The van der Waals surface area contributed by atoms with E-state index in [0.29, 0.717) is 5.56 Å². The molecule has 0 aliphatic heterocycles. The number of halogens is 2. The second-order valence-corrected chi connectivity index (χ2v) is 4.09. The molecule has 1 aromatic carbocycles. The van der Waals surface area contributed by atoms with Gasteiger partial charge in [-0.05, 0) is 19.4 Å². The molecule has 0 saturated heterocycles. The maximum atomic E-state index is 12.3. The Labute approximate surface area is 106 Å². The van der Waals surface area contributed by atoms with Crippen molar-refractivity contribution in [1.82, 2.24) is 5.32 Å². The summed E-state index contributed by atoms with van der Waals surface area (Å²) in [6.07, 6.45) is 0.763. The quantitative estimate of drug-likeness (QED) is 0.791. The fraction of sp³-hybridized carbons (Fsp3) is 0.538. The topological polar surface area (TPSA) is 41.5 Å². The zero-order chi connectivity index (χ0) is 13.5. The monoisotopic (exact) mass is 259 g/mol. The maximum absolute atomic E-state index is 12.3. The fourth-order valence-electron chi connectivity index (χ4n) is 1.78. The van der Waals surface area contributed by atoms with Crippen LogP contribution in [0.3, 0.4) is 0 Å². The number of nitrogens with one attached hydrogen (secondary N) is 1. The van der Waals surface area contributed by atoms with E-state index in [1.165, 1.54) is 6.07 Å². The molecule has 0 aromatic heterocycles. The van der Waals surface area contributed by atoms with Crippen molar-refractivity contribution in [2.45, 2.75) is 39.0 Å². The average molecular weight is 259 g/mol. The number of para-hydroxylation sites is 1. The Balaban J connectivity index is 2.80. The van der Waals surface area contributed by atoms with Gasteiger partial charge in [-0.1, -0.05) is 25.1 Å². The zero-order valence-electron chi connectivity index (χ0n) is 10.6. The molecule has 0 fully saturated rings. The number of rotatable bonds is 7. The Hall–Kier alpha value is -1.20. The van der Waals surface area contributed by atoms with Crippen LogP contribution in [0.25, 0.3) is 0 Å². The van der Waals surface area contributed by atoms with Gasteiger partial charge >= 0.3 is 6.61 Å². The first kappa shape index (κ1) is 14.9. The second kappa shape index (κ2) is 7.28. The molecule has 0 heterocycles. The molecular formula is C13H19F2NO2. The normalized spacial score (nSPS) is 14.6. The van der Waals surface area contributed by atoms with Gasteiger partial charge in [0.15, 0.2) is 0 Å². The Morgan fingerprint density at radius 1 is 1.33 bits per heavy atom. The van der Waals surface area contributed by atoms with Crippen molar-refractivity contribution in [2.75, 3.05) is 6.61 Å². The first-order valence-electron chi connectivity index (χ1n) is 5.99. The summed E-state index contributed by atoms with van der Waals surface area (Å²) in [7, 11) is 0. The molecule has 102 valence electrons. The number of aliphatic hydroxyl groups excluding tert-OH is 1. The molecule has 2 N–H and O–H groups in total. The lowest BCUT2D eigenvalue weighted by molar-refractivity contribution is -0.0507. The summed E-state index contributed by atoms with van der Waals surface area (Å²) in [6.45, 7) is 0.977. The predicted octanol–water partition coefficient (Wildman–Crippen LogP) is 2.71. The number of aliphatic hydroxyl groups is 1. The molecule has 0 radical (unpaired) electrons. The molecule has 5 heteroatoms. The molecule has 2 atom stereocenters. The number of ether oxygens (including phenoxy) is 1. The fourth-order valence-corrected chi connectivity index (χ4v) is 1.78. The van der Waals surface area contributed by atoms with Crippen LogP contribution in [0.1, 0.15) is 31.9 Å². The summed E-state index contributed by atoms with van der Waals surface area (Å²) in [5, 5.41) is 12.3. The molecule has 1 aromatic rings. The minimum absolute atomic E-state index is 0.0126. The van der Waals surface area contributed by atoms with Gasteiger partial charge in [0.1, 0.15) is 5.75 Å². The molecule has 0 amide bonds. The molecule has 0 aliphatic carbocycles. The Morgan fingerprint density at radius 3 is 2.56 bits per heavy atom. The third-order valence-electron chi connectivity index (χ3n) is 2.80. The Kier molecular flexibility index (Phi) is 6.01. The largest absolute Gasteiger partial charge is 0.434 e. The van der Waals surface area contributed by atoms with E-state index in [1.807, 2.05) is 13.8 Å². The van der Waals surface area contributed by atoms with Gasteiger partial charge in [0.25, 0.3) is 0 Å². The van der Waals surface area contributed by atoms with E-state index >= 15 is 0 Å². The van der Waals surface area contributed by atoms with Crippen molar-refractivity contribution in [3.63, 3.8) is 0 Å². The molecule has 0 bridgehead atoms. The second-order valence-electron chi connectivity index (χ2n) is 4.09. The molecule has 3 nitrogen and oxygen atoms in total. The lowest BCUT2D eigenvalue weighted by Crippen LogP contribution is -2.34. The van der Waals surface area contributed by atoms with Crippen molar-refractivity contribution in [1.29, 1.82) is 0 Å². The van der Waals surface area contributed by atoms with Gasteiger partial charge < -0.3 is 15.2 Å². The summed E-state index contributed by atoms with van der Waals surface area (Å²) in [6, 6.07) is 6.44. The first-order chi connectivity index (χ1) is 8.58.